The number of imide groups is 1. The van der Waals surface area contributed by atoms with Crippen molar-refractivity contribution < 1.29 is 22.8 Å². The fourth-order valence-electron chi connectivity index (χ4n) is 3.83. The lowest BCUT2D eigenvalue weighted by molar-refractivity contribution is -0.120. The molecule has 0 saturated carbocycles. The Labute approximate surface area is 172 Å². The first-order valence-electron chi connectivity index (χ1n) is 9.72. The van der Waals surface area contributed by atoms with Gasteiger partial charge in [0.15, 0.2) is 11.6 Å². The third-order valence-electron chi connectivity index (χ3n) is 5.49. The molecule has 8 heteroatoms. The van der Waals surface area contributed by atoms with E-state index in [-0.39, 0.29) is 17.0 Å². The molecule has 0 radical (unpaired) electrons. The van der Waals surface area contributed by atoms with Gasteiger partial charge in [-0.25, -0.2) is 18.1 Å². The summed E-state index contributed by atoms with van der Waals surface area (Å²) < 4.78 is 40.6. The second kappa shape index (κ2) is 7.95. The Hall–Kier alpha value is -3.13. The number of rotatable bonds is 4. The number of hydrogen-bond acceptors (Lipinski definition) is 4. The fraction of sp³-hybridized carbons (Fsp3) is 0.273. The van der Waals surface area contributed by atoms with Gasteiger partial charge in [0.05, 0.1) is 11.3 Å². The van der Waals surface area contributed by atoms with E-state index in [4.69, 9.17) is 0 Å². The van der Waals surface area contributed by atoms with Crippen molar-refractivity contribution in [3.63, 3.8) is 0 Å². The summed E-state index contributed by atoms with van der Waals surface area (Å²) in [6.45, 7) is 5.46. The molecule has 5 nitrogen and oxygen atoms in total. The van der Waals surface area contributed by atoms with Crippen LogP contribution in [0.1, 0.15) is 12.5 Å². The summed E-state index contributed by atoms with van der Waals surface area (Å²) in [6, 6.07) is 8.19. The Morgan fingerprint density at radius 1 is 0.833 bits per heavy atom. The summed E-state index contributed by atoms with van der Waals surface area (Å²) in [5.74, 6) is -3.94. The average Bonchev–Trinajstić information content (AvgIpc) is 3.01. The molecule has 2 aliphatic heterocycles. The molecular weight excluding hydrogens is 395 g/mol. The predicted molar refractivity (Wildman–Crippen MR) is 106 cm³/mol. The first kappa shape index (κ1) is 20.2. The van der Waals surface area contributed by atoms with Crippen LogP contribution < -0.4 is 4.90 Å². The number of anilines is 1. The van der Waals surface area contributed by atoms with Crippen LogP contribution in [0.25, 0.3) is 5.57 Å². The first-order chi connectivity index (χ1) is 14.4. The minimum Gasteiger partial charge on any atom is -0.364 e. The van der Waals surface area contributed by atoms with Gasteiger partial charge in [-0.15, -0.1) is 0 Å². The van der Waals surface area contributed by atoms with Crippen molar-refractivity contribution in [2.24, 2.45) is 0 Å². The third kappa shape index (κ3) is 3.47. The molecule has 0 N–H and O–H groups in total. The number of nitrogens with zero attached hydrogens (tertiary/aromatic N) is 3. The standard InChI is InChI=1S/C22H20F3N3O2/c1-2-26-9-11-27(12-10-26)20-19(14-3-5-15(23)6-4-14)21(29)28(22(20)30)16-7-8-17(24)18(25)13-16/h3-8,13H,2,9-12H2,1H3. The monoisotopic (exact) mass is 415 g/mol. The zero-order valence-corrected chi connectivity index (χ0v) is 16.4. The maximum Gasteiger partial charge on any atom is 0.282 e. The number of benzene rings is 2. The Bertz CT molecular complexity index is 1030. The molecule has 2 heterocycles. The number of piperazine rings is 1. The minimum absolute atomic E-state index is 0.0503. The Balaban J connectivity index is 1.78. The van der Waals surface area contributed by atoms with Gasteiger partial charge in [0.25, 0.3) is 11.8 Å². The molecule has 2 aliphatic rings. The van der Waals surface area contributed by atoms with Gasteiger partial charge in [-0.1, -0.05) is 19.1 Å². The van der Waals surface area contributed by atoms with E-state index in [0.29, 0.717) is 18.7 Å². The number of likely N-dealkylation sites (N-methyl/N-ethyl adjacent to an activating group) is 1. The van der Waals surface area contributed by atoms with Crippen LogP contribution in [0.2, 0.25) is 0 Å². The molecule has 2 amide bonds. The molecule has 4 rings (SSSR count). The molecule has 0 unspecified atom stereocenters. The summed E-state index contributed by atoms with van der Waals surface area (Å²) >= 11 is 0. The van der Waals surface area contributed by atoms with Crippen LogP contribution in [-0.4, -0.2) is 54.3 Å². The van der Waals surface area contributed by atoms with E-state index in [1.54, 1.807) is 0 Å². The maximum atomic E-state index is 13.8. The average molecular weight is 415 g/mol. The molecule has 0 aliphatic carbocycles. The van der Waals surface area contributed by atoms with E-state index in [1.807, 2.05) is 11.8 Å². The van der Waals surface area contributed by atoms with Crippen LogP contribution in [-0.2, 0) is 9.59 Å². The van der Waals surface area contributed by atoms with Crippen molar-refractivity contribution in [2.45, 2.75) is 6.92 Å². The number of halogens is 3. The molecule has 1 saturated heterocycles. The quantitative estimate of drug-likeness (QED) is 0.721. The number of carbonyl (C=O) groups excluding carboxylic acids is 2. The van der Waals surface area contributed by atoms with E-state index >= 15 is 0 Å². The molecule has 0 aromatic heterocycles. The summed E-state index contributed by atoms with van der Waals surface area (Å²) in [5.41, 5.74) is 0.681. The van der Waals surface area contributed by atoms with Crippen molar-refractivity contribution in [3.8, 4) is 0 Å². The largest absolute Gasteiger partial charge is 0.364 e. The van der Waals surface area contributed by atoms with Gasteiger partial charge in [-0.2, -0.15) is 0 Å². The summed E-state index contributed by atoms with van der Waals surface area (Å²) in [5, 5.41) is 0. The van der Waals surface area contributed by atoms with Gasteiger partial charge in [-0.05, 0) is 36.4 Å². The lowest BCUT2D eigenvalue weighted by Crippen LogP contribution is -2.47. The molecule has 0 spiro atoms. The van der Waals surface area contributed by atoms with Crippen LogP contribution in [0.4, 0.5) is 18.9 Å². The van der Waals surface area contributed by atoms with Crippen molar-refractivity contribution in [1.82, 2.24) is 9.80 Å². The Morgan fingerprint density at radius 2 is 1.50 bits per heavy atom. The summed E-state index contributed by atoms with van der Waals surface area (Å²) in [7, 11) is 0. The van der Waals surface area contributed by atoms with E-state index in [0.717, 1.165) is 36.7 Å². The molecule has 1 fully saturated rings. The molecule has 2 aromatic carbocycles. The topological polar surface area (TPSA) is 43.9 Å². The Morgan fingerprint density at radius 3 is 2.10 bits per heavy atom. The van der Waals surface area contributed by atoms with Gasteiger partial charge in [-0.3, -0.25) is 9.59 Å². The van der Waals surface area contributed by atoms with Crippen LogP contribution >= 0.6 is 0 Å². The first-order valence-corrected chi connectivity index (χ1v) is 9.72. The van der Waals surface area contributed by atoms with E-state index < -0.39 is 29.3 Å². The smallest absolute Gasteiger partial charge is 0.282 e. The number of hydrogen-bond donors (Lipinski definition) is 0. The molecule has 0 atom stereocenters. The minimum atomic E-state index is -1.15. The van der Waals surface area contributed by atoms with Crippen LogP contribution in [0, 0.1) is 17.5 Å². The zero-order valence-electron chi connectivity index (χ0n) is 16.4. The zero-order chi connectivity index (χ0) is 21.4. The highest BCUT2D eigenvalue weighted by Gasteiger charge is 2.43. The summed E-state index contributed by atoms with van der Waals surface area (Å²) in [4.78, 5) is 31.5. The number of amides is 2. The predicted octanol–water partition coefficient (Wildman–Crippen LogP) is 3.03. The maximum absolute atomic E-state index is 13.8. The van der Waals surface area contributed by atoms with Crippen molar-refractivity contribution in [1.29, 1.82) is 0 Å². The van der Waals surface area contributed by atoms with Crippen molar-refractivity contribution in [3.05, 3.63) is 71.2 Å². The van der Waals surface area contributed by atoms with Gasteiger partial charge in [0, 0.05) is 32.2 Å². The van der Waals surface area contributed by atoms with Crippen LogP contribution in [0.5, 0.6) is 0 Å². The highest BCUT2D eigenvalue weighted by Crippen LogP contribution is 2.35. The molecular formula is C22H20F3N3O2. The van der Waals surface area contributed by atoms with E-state index in [2.05, 4.69) is 4.90 Å². The second-order valence-electron chi connectivity index (χ2n) is 7.20. The highest BCUT2D eigenvalue weighted by molar-refractivity contribution is 6.45. The summed E-state index contributed by atoms with van der Waals surface area (Å²) in [6.07, 6.45) is 0. The third-order valence-corrected chi connectivity index (χ3v) is 5.49. The van der Waals surface area contributed by atoms with Crippen LogP contribution in [0.15, 0.2) is 48.2 Å². The molecule has 0 bridgehead atoms. The molecule has 2 aromatic rings. The fourth-order valence-corrected chi connectivity index (χ4v) is 3.83. The van der Waals surface area contributed by atoms with E-state index in [9.17, 15) is 22.8 Å². The SMILES string of the molecule is CCN1CCN(C2=C(c3ccc(F)cc3)C(=O)N(c3ccc(F)c(F)c3)C2=O)CC1. The molecule has 30 heavy (non-hydrogen) atoms. The lowest BCUT2D eigenvalue weighted by Gasteiger charge is -2.36. The van der Waals surface area contributed by atoms with Gasteiger partial charge >= 0.3 is 0 Å². The number of carbonyl (C=O) groups is 2. The van der Waals surface area contributed by atoms with Crippen LogP contribution in [0.3, 0.4) is 0 Å². The van der Waals surface area contributed by atoms with E-state index in [1.165, 1.54) is 30.3 Å². The lowest BCUT2D eigenvalue weighted by atomic mass is 10.0. The van der Waals surface area contributed by atoms with Crippen molar-refractivity contribution in [2.75, 3.05) is 37.6 Å². The van der Waals surface area contributed by atoms with Gasteiger partial charge < -0.3 is 9.80 Å². The van der Waals surface area contributed by atoms with Gasteiger partial charge in [0.2, 0.25) is 0 Å². The Kier molecular flexibility index (Phi) is 5.34. The highest BCUT2D eigenvalue weighted by atomic mass is 19.2. The van der Waals surface area contributed by atoms with Gasteiger partial charge in [0.1, 0.15) is 11.5 Å². The molecule has 156 valence electrons. The van der Waals surface area contributed by atoms with Crippen molar-refractivity contribution >= 4 is 23.1 Å². The second-order valence-corrected chi connectivity index (χ2v) is 7.20. The normalized spacial score (nSPS) is 18.0.